The van der Waals surface area contributed by atoms with Crippen molar-refractivity contribution in [2.24, 2.45) is 0 Å². The fraction of sp³-hybridized carbons (Fsp3) is 1.00. The van der Waals surface area contributed by atoms with Crippen LogP contribution in [-0.4, -0.2) is 32.4 Å². The summed E-state index contributed by atoms with van der Waals surface area (Å²) in [6, 6.07) is 0. The van der Waals surface area contributed by atoms with E-state index < -0.39 is 0 Å². The zero-order chi connectivity index (χ0) is 13.3. The third kappa shape index (κ3) is 20.4. The molecular formula is C16H36O3. The van der Waals surface area contributed by atoms with Gasteiger partial charge >= 0.3 is 0 Å². The lowest BCUT2D eigenvalue weighted by Gasteiger charge is -2.04. The first-order chi connectivity index (χ1) is 8.91. The molecule has 0 radical (unpaired) electrons. The highest BCUT2D eigenvalue weighted by atomic mass is 16.5. The third-order valence-corrected chi connectivity index (χ3v) is 3.32. The molecular weight excluding hydrogens is 240 g/mol. The van der Waals surface area contributed by atoms with E-state index in [-0.39, 0.29) is 5.48 Å². The Kier molecular flexibility index (Phi) is 22.5. The van der Waals surface area contributed by atoms with Crippen molar-refractivity contribution in [3.05, 3.63) is 0 Å². The molecule has 0 aliphatic carbocycles. The molecule has 0 aromatic rings. The van der Waals surface area contributed by atoms with E-state index in [2.05, 4.69) is 6.92 Å². The van der Waals surface area contributed by atoms with Gasteiger partial charge in [-0.1, -0.05) is 71.1 Å². The molecule has 0 heterocycles. The second kappa shape index (κ2) is 20.2. The van der Waals surface area contributed by atoms with Crippen LogP contribution < -0.4 is 0 Å². The van der Waals surface area contributed by atoms with E-state index in [0.717, 1.165) is 19.8 Å². The minimum Gasteiger partial charge on any atom is -0.412 e. The van der Waals surface area contributed by atoms with E-state index in [0.29, 0.717) is 0 Å². The summed E-state index contributed by atoms with van der Waals surface area (Å²) < 4.78 is 10.4. The average molecular weight is 276 g/mol. The fourth-order valence-corrected chi connectivity index (χ4v) is 2.11. The molecule has 0 aliphatic rings. The molecule has 3 nitrogen and oxygen atoms in total. The number of unbranched alkanes of at least 4 members (excludes halogenated alkanes) is 10. The monoisotopic (exact) mass is 276 g/mol. The van der Waals surface area contributed by atoms with Gasteiger partial charge in [0.15, 0.2) is 0 Å². The quantitative estimate of drug-likeness (QED) is 0.422. The van der Waals surface area contributed by atoms with Crippen LogP contribution in [0.5, 0.6) is 0 Å². The molecule has 0 rings (SSSR count). The van der Waals surface area contributed by atoms with Gasteiger partial charge in [0.2, 0.25) is 0 Å². The number of hydrogen-bond acceptors (Lipinski definition) is 2. The van der Waals surface area contributed by atoms with Crippen LogP contribution in [0.1, 0.15) is 77.6 Å². The molecule has 0 aliphatic heterocycles. The lowest BCUT2D eigenvalue weighted by Crippen LogP contribution is -2.02. The van der Waals surface area contributed by atoms with Crippen LogP contribution in [0.3, 0.4) is 0 Å². The van der Waals surface area contributed by atoms with Crippen LogP contribution >= 0.6 is 0 Å². The Bertz CT molecular complexity index is 124. The van der Waals surface area contributed by atoms with Crippen LogP contribution in [-0.2, 0) is 9.47 Å². The van der Waals surface area contributed by atoms with Crippen molar-refractivity contribution in [2.45, 2.75) is 77.6 Å². The highest BCUT2D eigenvalue weighted by molar-refractivity contribution is 4.47. The largest absolute Gasteiger partial charge is 0.412 e. The van der Waals surface area contributed by atoms with Crippen LogP contribution in [0, 0.1) is 0 Å². The second-order valence-corrected chi connectivity index (χ2v) is 5.14. The van der Waals surface area contributed by atoms with Gasteiger partial charge in [-0.2, -0.15) is 0 Å². The smallest absolute Gasteiger partial charge is 0.0700 e. The van der Waals surface area contributed by atoms with Crippen molar-refractivity contribution in [1.29, 1.82) is 0 Å². The normalized spacial score (nSPS) is 10.4. The Hall–Kier alpha value is -0.120. The summed E-state index contributed by atoms with van der Waals surface area (Å²) in [5.74, 6) is 0. The molecule has 118 valence electrons. The van der Waals surface area contributed by atoms with Crippen molar-refractivity contribution in [1.82, 2.24) is 0 Å². The van der Waals surface area contributed by atoms with Crippen molar-refractivity contribution < 1.29 is 14.9 Å². The number of methoxy groups -OCH3 is 1. The van der Waals surface area contributed by atoms with Crippen molar-refractivity contribution in [3.63, 3.8) is 0 Å². The summed E-state index contributed by atoms with van der Waals surface area (Å²) in [6.45, 7) is 4.64. The van der Waals surface area contributed by atoms with Gasteiger partial charge in [-0.25, -0.2) is 0 Å². The summed E-state index contributed by atoms with van der Waals surface area (Å²) in [5, 5.41) is 0. The Labute approximate surface area is 120 Å². The zero-order valence-electron chi connectivity index (χ0n) is 13.2. The van der Waals surface area contributed by atoms with E-state index in [1.807, 2.05) is 0 Å². The van der Waals surface area contributed by atoms with Crippen LogP contribution in [0.25, 0.3) is 0 Å². The topological polar surface area (TPSA) is 50.0 Å². The highest BCUT2D eigenvalue weighted by Crippen LogP contribution is 2.11. The van der Waals surface area contributed by atoms with Gasteiger partial charge < -0.3 is 14.9 Å². The first-order valence-corrected chi connectivity index (χ1v) is 7.98. The van der Waals surface area contributed by atoms with Crippen molar-refractivity contribution in [3.8, 4) is 0 Å². The maximum atomic E-state index is 5.43. The second-order valence-electron chi connectivity index (χ2n) is 5.14. The van der Waals surface area contributed by atoms with Crippen molar-refractivity contribution >= 4 is 0 Å². The minimum absolute atomic E-state index is 0. The van der Waals surface area contributed by atoms with Gasteiger partial charge in [-0.05, 0) is 6.42 Å². The van der Waals surface area contributed by atoms with Crippen LogP contribution in [0.2, 0.25) is 0 Å². The van der Waals surface area contributed by atoms with E-state index in [1.165, 1.54) is 70.6 Å². The molecule has 0 saturated carbocycles. The Morgan fingerprint density at radius 3 is 1.53 bits per heavy atom. The Balaban J connectivity index is 0. The molecule has 0 aromatic heterocycles. The Morgan fingerprint density at radius 2 is 1.05 bits per heavy atom. The SMILES string of the molecule is CCCCCCCCCCCCCOCCOC.O. The molecule has 19 heavy (non-hydrogen) atoms. The first-order valence-electron chi connectivity index (χ1n) is 7.98. The number of hydrogen-bond donors (Lipinski definition) is 0. The van der Waals surface area contributed by atoms with Crippen molar-refractivity contribution in [2.75, 3.05) is 26.9 Å². The maximum absolute atomic E-state index is 5.43. The summed E-state index contributed by atoms with van der Waals surface area (Å²) in [6.07, 6.45) is 15.3. The van der Waals surface area contributed by atoms with E-state index in [1.54, 1.807) is 7.11 Å². The van der Waals surface area contributed by atoms with E-state index in [4.69, 9.17) is 9.47 Å². The molecule has 0 saturated heterocycles. The lowest BCUT2D eigenvalue weighted by atomic mass is 10.1. The molecule has 0 fully saturated rings. The maximum Gasteiger partial charge on any atom is 0.0700 e. The molecule has 3 heteroatoms. The zero-order valence-corrected chi connectivity index (χ0v) is 13.2. The van der Waals surface area contributed by atoms with Crippen LogP contribution in [0.4, 0.5) is 0 Å². The predicted molar refractivity (Wildman–Crippen MR) is 82.8 cm³/mol. The summed E-state index contributed by atoms with van der Waals surface area (Å²) in [4.78, 5) is 0. The number of rotatable bonds is 15. The molecule has 0 bridgehead atoms. The minimum atomic E-state index is 0. The van der Waals surface area contributed by atoms with Gasteiger partial charge in [0.05, 0.1) is 13.2 Å². The molecule has 0 spiro atoms. The first kappa shape index (κ1) is 21.2. The molecule has 0 amide bonds. The molecule has 0 unspecified atom stereocenters. The van der Waals surface area contributed by atoms with Gasteiger partial charge in [-0.15, -0.1) is 0 Å². The highest BCUT2D eigenvalue weighted by Gasteiger charge is 1.93. The summed E-state index contributed by atoms with van der Waals surface area (Å²) in [5.41, 5.74) is 0. The average Bonchev–Trinajstić information content (AvgIpc) is 2.39. The standard InChI is InChI=1S/C16H34O2.H2O/c1-3-4-5-6-7-8-9-10-11-12-13-14-18-16-15-17-2;/h3-16H2,1-2H3;1H2. The van der Waals surface area contributed by atoms with Gasteiger partial charge in [0, 0.05) is 13.7 Å². The summed E-state index contributed by atoms with van der Waals surface area (Å²) in [7, 11) is 1.71. The van der Waals surface area contributed by atoms with E-state index >= 15 is 0 Å². The van der Waals surface area contributed by atoms with Gasteiger partial charge in [0.25, 0.3) is 0 Å². The van der Waals surface area contributed by atoms with Gasteiger partial charge in [-0.3, -0.25) is 0 Å². The summed E-state index contributed by atoms with van der Waals surface area (Å²) >= 11 is 0. The van der Waals surface area contributed by atoms with Crippen LogP contribution in [0.15, 0.2) is 0 Å². The Morgan fingerprint density at radius 1 is 0.579 bits per heavy atom. The molecule has 0 aromatic carbocycles. The third-order valence-electron chi connectivity index (χ3n) is 3.32. The lowest BCUT2D eigenvalue weighted by molar-refractivity contribution is 0.0685. The van der Waals surface area contributed by atoms with Gasteiger partial charge in [0.1, 0.15) is 0 Å². The number of ether oxygens (including phenoxy) is 2. The predicted octanol–water partition coefficient (Wildman–Crippen LogP) is 4.14. The van der Waals surface area contributed by atoms with E-state index in [9.17, 15) is 0 Å². The molecule has 2 N–H and O–H groups in total. The fourth-order valence-electron chi connectivity index (χ4n) is 2.11. The molecule has 0 atom stereocenters.